The fourth-order valence-electron chi connectivity index (χ4n) is 3.73. The summed E-state index contributed by atoms with van der Waals surface area (Å²) in [6.07, 6.45) is 2.10. The first-order valence-corrected chi connectivity index (χ1v) is 8.74. The predicted molar refractivity (Wildman–Crippen MR) is 89.5 cm³/mol. The Kier molecular flexibility index (Phi) is 4.92. The van der Waals surface area contributed by atoms with Crippen molar-refractivity contribution in [2.24, 2.45) is 0 Å². The Morgan fingerprint density at radius 3 is 1.88 bits per heavy atom. The number of rotatable bonds is 2. The smallest absolute Gasteiger partial charge is 0.410 e. The molecule has 0 aromatic rings. The van der Waals surface area contributed by atoms with E-state index in [1.54, 1.807) is 4.90 Å². The van der Waals surface area contributed by atoms with Gasteiger partial charge in [0.15, 0.2) is 0 Å². The van der Waals surface area contributed by atoms with Gasteiger partial charge in [-0.2, -0.15) is 0 Å². The average Bonchev–Trinajstić information content (AvgIpc) is 2.57. The van der Waals surface area contributed by atoms with Crippen molar-refractivity contribution in [3.05, 3.63) is 0 Å². The van der Waals surface area contributed by atoms with Crippen LogP contribution >= 0.6 is 0 Å². The van der Waals surface area contributed by atoms with Gasteiger partial charge in [0, 0.05) is 12.1 Å². The zero-order valence-electron chi connectivity index (χ0n) is 15.7. The highest BCUT2D eigenvalue weighted by molar-refractivity contribution is 5.72. The van der Waals surface area contributed by atoms with Crippen LogP contribution in [0.15, 0.2) is 0 Å². The normalized spacial score (nSPS) is 30.2. The lowest BCUT2D eigenvalue weighted by Gasteiger charge is -2.43. The van der Waals surface area contributed by atoms with E-state index in [-0.39, 0.29) is 24.6 Å². The van der Waals surface area contributed by atoms with E-state index < -0.39 is 22.8 Å². The van der Waals surface area contributed by atoms with Gasteiger partial charge in [0.2, 0.25) is 0 Å². The Bertz CT molecular complexity index is 489. The van der Waals surface area contributed by atoms with Crippen molar-refractivity contribution in [2.75, 3.05) is 0 Å². The first-order chi connectivity index (χ1) is 10.8. The van der Waals surface area contributed by atoms with E-state index in [1.165, 1.54) is 0 Å². The molecule has 138 valence electrons. The first-order valence-electron chi connectivity index (χ1n) is 8.74. The molecule has 2 fully saturated rings. The van der Waals surface area contributed by atoms with Crippen molar-refractivity contribution in [1.82, 2.24) is 4.90 Å². The van der Waals surface area contributed by atoms with Gasteiger partial charge < -0.3 is 19.5 Å². The summed E-state index contributed by atoms with van der Waals surface area (Å²) in [6.45, 7) is 11.0. The van der Waals surface area contributed by atoms with Gasteiger partial charge >= 0.3 is 12.1 Å². The minimum Gasteiger partial charge on any atom is -0.460 e. The number of piperidine rings is 1. The minimum absolute atomic E-state index is 0.0283. The zero-order chi connectivity index (χ0) is 18.3. The molecular weight excluding hydrogens is 310 g/mol. The van der Waals surface area contributed by atoms with Crippen molar-refractivity contribution < 1.29 is 24.2 Å². The molecule has 24 heavy (non-hydrogen) atoms. The SMILES string of the molecule is CC(C)(C)OC(=O)CC1(O)CC2CCC(C1)N2C(=O)OC(C)(C)C. The molecule has 1 N–H and O–H groups in total. The van der Waals surface area contributed by atoms with Gasteiger partial charge in [-0.05, 0) is 67.2 Å². The lowest BCUT2D eigenvalue weighted by molar-refractivity contribution is -0.163. The van der Waals surface area contributed by atoms with Crippen molar-refractivity contribution in [1.29, 1.82) is 0 Å². The number of ether oxygens (including phenoxy) is 2. The number of fused-ring (bicyclic) bond motifs is 2. The van der Waals surface area contributed by atoms with E-state index in [0.29, 0.717) is 12.8 Å². The largest absolute Gasteiger partial charge is 0.460 e. The van der Waals surface area contributed by atoms with Crippen LogP contribution in [0.4, 0.5) is 4.79 Å². The van der Waals surface area contributed by atoms with Crippen LogP contribution in [-0.4, -0.2) is 51.0 Å². The summed E-state index contributed by atoms with van der Waals surface area (Å²) in [7, 11) is 0. The minimum atomic E-state index is -1.10. The second-order valence-electron chi connectivity index (χ2n) is 9.17. The van der Waals surface area contributed by atoms with Crippen LogP contribution < -0.4 is 0 Å². The highest BCUT2D eigenvalue weighted by Crippen LogP contribution is 2.43. The average molecular weight is 341 g/mol. The van der Waals surface area contributed by atoms with Gasteiger partial charge in [-0.25, -0.2) is 4.79 Å². The third kappa shape index (κ3) is 4.85. The molecule has 0 spiro atoms. The van der Waals surface area contributed by atoms with Crippen LogP contribution in [0.25, 0.3) is 0 Å². The fraction of sp³-hybridized carbons (Fsp3) is 0.889. The van der Waals surface area contributed by atoms with Crippen molar-refractivity contribution in [3.63, 3.8) is 0 Å². The van der Waals surface area contributed by atoms with Crippen LogP contribution in [0.1, 0.15) is 73.6 Å². The highest BCUT2D eigenvalue weighted by Gasteiger charge is 2.51. The Balaban J connectivity index is 2.01. The standard InChI is InChI=1S/C18H31NO5/c1-16(2,3)23-14(20)11-18(22)9-12-7-8-13(10-18)19(12)15(21)24-17(4,5)6/h12-13,22H,7-11H2,1-6H3. The molecule has 2 rings (SSSR count). The van der Waals surface area contributed by atoms with E-state index in [4.69, 9.17) is 9.47 Å². The molecule has 2 aliphatic rings. The summed E-state index contributed by atoms with van der Waals surface area (Å²) in [5, 5.41) is 10.9. The van der Waals surface area contributed by atoms with Crippen molar-refractivity contribution >= 4 is 12.1 Å². The maximum atomic E-state index is 12.4. The molecule has 0 aromatic carbocycles. The van der Waals surface area contributed by atoms with Crippen molar-refractivity contribution in [3.8, 4) is 0 Å². The summed E-state index contributed by atoms with van der Waals surface area (Å²) >= 11 is 0. The molecule has 2 aliphatic heterocycles. The second-order valence-corrected chi connectivity index (χ2v) is 9.17. The molecular formula is C18H31NO5. The van der Waals surface area contributed by atoms with Gasteiger partial charge in [0.25, 0.3) is 0 Å². The Morgan fingerprint density at radius 1 is 1.00 bits per heavy atom. The third-order valence-corrected chi connectivity index (χ3v) is 4.35. The molecule has 2 unspecified atom stereocenters. The number of aliphatic hydroxyl groups is 1. The lowest BCUT2D eigenvalue weighted by atomic mass is 9.83. The maximum Gasteiger partial charge on any atom is 0.410 e. The summed E-state index contributed by atoms with van der Waals surface area (Å²) in [4.78, 5) is 26.3. The van der Waals surface area contributed by atoms with E-state index in [9.17, 15) is 14.7 Å². The van der Waals surface area contributed by atoms with Crippen molar-refractivity contribution in [2.45, 2.75) is 103 Å². The molecule has 1 amide bonds. The number of carbonyl (C=O) groups excluding carboxylic acids is 2. The van der Waals surface area contributed by atoms with Crippen LogP contribution in [0, 0.1) is 0 Å². The molecule has 6 nitrogen and oxygen atoms in total. The predicted octanol–water partition coefficient (Wildman–Crippen LogP) is 3.01. The Hall–Kier alpha value is -1.30. The molecule has 0 saturated carbocycles. The maximum absolute atomic E-state index is 12.4. The third-order valence-electron chi connectivity index (χ3n) is 4.35. The number of amides is 1. The Labute approximate surface area is 144 Å². The van der Waals surface area contributed by atoms with E-state index in [2.05, 4.69) is 0 Å². The van der Waals surface area contributed by atoms with Gasteiger partial charge in [0.05, 0.1) is 12.0 Å². The van der Waals surface area contributed by atoms with E-state index in [1.807, 2.05) is 41.5 Å². The van der Waals surface area contributed by atoms with Crippen LogP contribution in [-0.2, 0) is 14.3 Å². The highest BCUT2D eigenvalue weighted by atomic mass is 16.6. The van der Waals surface area contributed by atoms with Gasteiger partial charge in [-0.3, -0.25) is 4.79 Å². The monoisotopic (exact) mass is 341 g/mol. The van der Waals surface area contributed by atoms with Gasteiger partial charge in [-0.15, -0.1) is 0 Å². The molecule has 2 saturated heterocycles. The quantitative estimate of drug-likeness (QED) is 0.781. The lowest BCUT2D eigenvalue weighted by Crippen LogP contribution is -2.55. The summed E-state index contributed by atoms with van der Waals surface area (Å²) in [5.74, 6) is -0.393. The summed E-state index contributed by atoms with van der Waals surface area (Å²) < 4.78 is 10.8. The number of nitrogens with zero attached hydrogens (tertiary/aromatic N) is 1. The summed E-state index contributed by atoms with van der Waals surface area (Å²) in [5.41, 5.74) is -2.21. The second kappa shape index (κ2) is 6.21. The number of esters is 1. The molecule has 2 atom stereocenters. The number of hydrogen-bond donors (Lipinski definition) is 1. The van der Waals surface area contributed by atoms with Gasteiger partial charge in [-0.1, -0.05) is 0 Å². The molecule has 6 heteroatoms. The molecule has 2 bridgehead atoms. The van der Waals surface area contributed by atoms with Crippen LogP contribution in [0.3, 0.4) is 0 Å². The molecule has 2 heterocycles. The molecule has 0 aliphatic carbocycles. The fourth-order valence-corrected chi connectivity index (χ4v) is 3.73. The summed E-state index contributed by atoms with van der Waals surface area (Å²) in [6, 6.07) is -0.155. The van der Waals surface area contributed by atoms with E-state index in [0.717, 1.165) is 12.8 Å². The zero-order valence-corrected chi connectivity index (χ0v) is 15.7. The first kappa shape index (κ1) is 19.0. The molecule has 0 aromatic heterocycles. The van der Waals surface area contributed by atoms with Crippen LogP contribution in [0.2, 0.25) is 0 Å². The topological polar surface area (TPSA) is 76.1 Å². The number of carbonyl (C=O) groups is 2. The molecule has 0 radical (unpaired) electrons. The number of hydrogen-bond acceptors (Lipinski definition) is 5. The Morgan fingerprint density at radius 2 is 1.46 bits per heavy atom. The van der Waals surface area contributed by atoms with Crippen LogP contribution in [0.5, 0.6) is 0 Å². The van der Waals surface area contributed by atoms with Gasteiger partial charge in [0.1, 0.15) is 11.2 Å². The van der Waals surface area contributed by atoms with E-state index >= 15 is 0 Å².